The monoisotopic (exact) mass is 227 g/mol. The zero-order valence-corrected chi connectivity index (χ0v) is 10.4. The average Bonchev–Trinajstić information content (AvgIpc) is 2.33. The zero-order valence-electron chi connectivity index (χ0n) is 10.4. The van der Waals surface area contributed by atoms with Gasteiger partial charge in [0.1, 0.15) is 5.75 Å². The van der Waals surface area contributed by atoms with E-state index < -0.39 is 0 Å². The lowest BCUT2D eigenvalue weighted by Crippen LogP contribution is -1.94. The minimum absolute atomic E-state index is 0.811. The first-order valence-electron chi connectivity index (χ1n) is 5.63. The summed E-state index contributed by atoms with van der Waals surface area (Å²) >= 11 is 0. The van der Waals surface area contributed by atoms with Gasteiger partial charge in [-0.3, -0.25) is 0 Å². The van der Waals surface area contributed by atoms with Crippen molar-refractivity contribution in [3.05, 3.63) is 47.5 Å². The molecule has 17 heavy (non-hydrogen) atoms. The predicted octanol–water partition coefficient (Wildman–Crippen LogP) is 3.56. The number of benzene rings is 2. The highest BCUT2D eigenvalue weighted by Crippen LogP contribution is 2.34. The average molecular weight is 227 g/mol. The van der Waals surface area contributed by atoms with E-state index in [0.717, 1.165) is 28.1 Å². The van der Waals surface area contributed by atoms with Crippen LogP contribution in [-0.2, 0) is 0 Å². The van der Waals surface area contributed by atoms with Crippen LogP contribution in [0.5, 0.6) is 5.75 Å². The Kier molecular flexibility index (Phi) is 3.05. The van der Waals surface area contributed by atoms with Crippen LogP contribution in [-0.4, -0.2) is 7.11 Å². The standard InChI is InChI=1S/C15H17NO/c1-10-7-8-15(17-3)13(9-10)12-5-4-6-14(16)11(12)2/h4-9H,16H2,1-3H3. The Bertz CT molecular complexity index is 547. The molecule has 2 aromatic carbocycles. The third-order valence-corrected chi connectivity index (χ3v) is 3.02. The van der Waals surface area contributed by atoms with E-state index in [0.29, 0.717) is 0 Å². The molecule has 88 valence electrons. The molecule has 2 heteroatoms. The number of anilines is 1. The summed E-state index contributed by atoms with van der Waals surface area (Å²) in [4.78, 5) is 0. The second kappa shape index (κ2) is 4.50. The molecule has 0 aliphatic carbocycles. The molecule has 0 amide bonds. The first kappa shape index (κ1) is 11.5. The molecule has 0 aliphatic rings. The fraction of sp³-hybridized carbons (Fsp3) is 0.200. The SMILES string of the molecule is COc1ccc(C)cc1-c1cccc(N)c1C. The molecule has 0 atom stereocenters. The smallest absolute Gasteiger partial charge is 0.126 e. The lowest BCUT2D eigenvalue weighted by atomic mass is 9.97. The third-order valence-electron chi connectivity index (χ3n) is 3.02. The van der Waals surface area contributed by atoms with E-state index in [2.05, 4.69) is 19.1 Å². The first-order chi connectivity index (χ1) is 8.13. The van der Waals surface area contributed by atoms with Crippen LogP contribution in [0, 0.1) is 13.8 Å². The fourth-order valence-corrected chi connectivity index (χ4v) is 1.98. The van der Waals surface area contributed by atoms with Crippen molar-refractivity contribution >= 4 is 5.69 Å². The molecule has 0 aromatic heterocycles. The lowest BCUT2D eigenvalue weighted by molar-refractivity contribution is 0.416. The van der Waals surface area contributed by atoms with Gasteiger partial charge in [0.25, 0.3) is 0 Å². The Balaban J connectivity index is 2.67. The molecule has 0 saturated heterocycles. The Hall–Kier alpha value is -1.96. The summed E-state index contributed by atoms with van der Waals surface area (Å²) in [6.45, 7) is 4.11. The van der Waals surface area contributed by atoms with Crippen molar-refractivity contribution in [1.82, 2.24) is 0 Å². The minimum Gasteiger partial charge on any atom is -0.496 e. The molecule has 2 nitrogen and oxygen atoms in total. The van der Waals surface area contributed by atoms with Gasteiger partial charge in [0, 0.05) is 11.3 Å². The molecule has 0 fully saturated rings. The fourth-order valence-electron chi connectivity index (χ4n) is 1.98. The van der Waals surface area contributed by atoms with E-state index >= 15 is 0 Å². The number of ether oxygens (including phenoxy) is 1. The van der Waals surface area contributed by atoms with Crippen LogP contribution < -0.4 is 10.5 Å². The van der Waals surface area contributed by atoms with Gasteiger partial charge in [-0.15, -0.1) is 0 Å². The van der Waals surface area contributed by atoms with Gasteiger partial charge in [-0.05, 0) is 43.2 Å². The number of aryl methyl sites for hydroxylation is 1. The van der Waals surface area contributed by atoms with Crippen LogP contribution in [0.2, 0.25) is 0 Å². The molecule has 0 radical (unpaired) electrons. The van der Waals surface area contributed by atoms with Gasteiger partial charge in [-0.2, -0.15) is 0 Å². The summed E-state index contributed by atoms with van der Waals surface area (Å²) in [5.74, 6) is 0.879. The Labute approximate surface area is 102 Å². The number of nitrogens with two attached hydrogens (primary N) is 1. The molecule has 0 heterocycles. The molecular formula is C15H17NO. The van der Waals surface area contributed by atoms with Crippen LogP contribution in [0.25, 0.3) is 11.1 Å². The van der Waals surface area contributed by atoms with Gasteiger partial charge in [0.05, 0.1) is 7.11 Å². The normalized spacial score (nSPS) is 10.3. The van der Waals surface area contributed by atoms with Crippen LogP contribution >= 0.6 is 0 Å². The zero-order chi connectivity index (χ0) is 12.4. The van der Waals surface area contributed by atoms with Gasteiger partial charge >= 0.3 is 0 Å². The summed E-state index contributed by atoms with van der Waals surface area (Å²) < 4.78 is 5.41. The highest BCUT2D eigenvalue weighted by Gasteiger charge is 2.09. The summed E-state index contributed by atoms with van der Waals surface area (Å²) in [5.41, 5.74) is 11.3. The maximum atomic E-state index is 5.95. The number of nitrogen functional groups attached to an aromatic ring is 1. The molecule has 0 spiro atoms. The quantitative estimate of drug-likeness (QED) is 0.796. The van der Waals surface area contributed by atoms with E-state index in [1.807, 2.05) is 31.2 Å². The van der Waals surface area contributed by atoms with E-state index in [-0.39, 0.29) is 0 Å². The van der Waals surface area contributed by atoms with Crippen molar-refractivity contribution in [2.75, 3.05) is 12.8 Å². The Morgan fingerprint density at radius 1 is 1.00 bits per heavy atom. The number of methoxy groups -OCH3 is 1. The summed E-state index contributed by atoms with van der Waals surface area (Å²) in [6, 6.07) is 12.1. The maximum absolute atomic E-state index is 5.95. The highest BCUT2D eigenvalue weighted by molar-refractivity contribution is 5.77. The van der Waals surface area contributed by atoms with E-state index in [4.69, 9.17) is 10.5 Å². The van der Waals surface area contributed by atoms with E-state index in [1.165, 1.54) is 5.56 Å². The number of hydrogen-bond donors (Lipinski definition) is 1. The Morgan fingerprint density at radius 2 is 1.76 bits per heavy atom. The lowest BCUT2D eigenvalue weighted by Gasteiger charge is -2.13. The molecule has 2 aromatic rings. The highest BCUT2D eigenvalue weighted by atomic mass is 16.5. The van der Waals surface area contributed by atoms with Crippen molar-refractivity contribution in [2.24, 2.45) is 0 Å². The molecule has 2 N–H and O–H groups in total. The van der Waals surface area contributed by atoms with Crippen LogP contribution in [0.15, 0.2) is 36.4 Å². The van der Waals surface area contributed by atoms with Crippen molar-refractivity contribution in [3.63, 3.8) is 0 Å². The Morgan fingerprint density at radius 3 is 2.47 bits per heavy atom. The summed E-state index contributed by atoms with van der Waals surface area (Å²) in [7, 11) is 1.69. The van der Waals surface area contributed by atoms with Gasteiger partial charge in [-0.25, -0.2) is 0 Å². The van der Waals surface area contributed by atoms with Crippen molar-refractivity contribution in [2.45, 2.75) is 13.8 Å². The number of rotatable bonds is 2. The van der Waals surface area contributed by atoms with E-state index in [9.17, 15) is 0 Å². The van der Waals surface area contributed by atoms with Crippen LogP contribution in [0.3, 0.4) is 0 Å². The topological polar surface area (TPSA) is 35.2 Å². The van der Waals surface area contributed by atoms with Crippen molar-refractivity contribution in [1.29, 1.82) is 0 Å². The van der Waals surface area contributed by atoms with Gasteiger partial charge in [0.15, 0.2) is 0 Å². The summed E-state index contributed by atoms with van der Waals surface area (Å²) in [6.07, 6.45) is 0. The molecule has 0 saturated carbocycles. The van der Waals surface area contributed by atoms with Gasteiger partial charge < -0.3 is 10.5 Å². The van der Waals surface area contributed by atoms with Crippen molar-refractivity contribution in [3.8, 4) is 16.9 Å². The molecule has 0 unspecified atom stereocenters. The molecule has 0 aliphatic heterocycles. The number of hydrogen-bond acceptors (Lipinski definition) is 2. The van der Waals surface area contributed by atoms with Crippen LogP contribution in [0.4, 0.5) is 5.69 Å². The second-order valence-electron chi connectivity index (χ2n) is 4.22. The molecule has 2 rings (SSSR count). The molecule has 0 bridgehead atoms. The second-order valence-corrected chi connectivity index (χ2v) is 4.22. The third kappa shape index (κ3) is 2.11. The van der Waals surface area contributed by atoms with E-state index in [1.54, 1.807) is 7.11 Å². The summed E-state index contributed by atoms with van der Waals surface area (Å²) in [5, 5.41) is 0. The first-order valence-corrected chi connectivity index (χ1v) is 5.63. The van der Waals surface area contributed by atoms with Gasteiger partial charge in [-0.1, -0.05) is 23.8 Å². The predicted molar refractivity (Wildman–Crippen MR) is 72.3 cm³/mol. The molecular weight excluding hydrogens is 210 g/mol. The van der Waals surface area contributed by atoms with Gasteiger partial charge in [0.2, 0.25) is 0 Å². The minimum atomic E-state index is 0.811. The largest absolute Gasteiger partial charge is 0.496 e. The van der Waals surface area contributed by atoms with Crippen LogP contribution in [0.1, 0.15) is 11.1 Å². The van der Waals surface area contributed by atoms with Crippen molar-refractivity contribution < 1.29 is 4.74 Å². The maximum Gasteiger partial charge on any atom is 0.126 e.